The van der Waals surface area contributed by atoms with Gasteiger partial charge in [0.05, 0.1) is 18.3 Å². The molecule has 2 atom stereocenters. The first-order valence-corrected chi connectivity index (χ1v) is 7.87. The van der Waals surface area contributed by atoms with Crippen molar-refractivity contribution in [1.29, 1.82) is 0 Å². The van der Waals surface area contributed by atoms with E-state index in [1.54, 1.807) is 6.92 Å². The Labute approximate surface area is 160 Å². The lowest BCUT2D eigenvalue weighted by atomic mass is 10.1. The zero-order valence-electron chi connectivity index (χ0n) is 14.6. The van der Waals surface area contributed by atoms with Crippen molar-refractivity contribution >= 4 is 35.9 Å². The predicted molar refractivity (Wildman–Crippen MR) is 94.1 cm³/mol. The number of rotatable bonds is 9. The fourth-order valence-corrected chi connectivity index (χ4v) is 2.08. The molecule has 1 aromatic rings. The Morgan fingerprint density at radius 3 is 2.33 bits per heavy atom. The van der Waals surface area contributed by atoms with E-state index in [1.165, 1.54) is 6.92 Å². The molecule has 0 fully saturated rings. The van der Waals surface area contributed by atoms with Crippen LogP contribution in [0.1, 0.15) is 26.7 Å². The number of nitrogens with one attached hydrogen (secondary N) is 3. The Bertz CT molecular complexity index is 691. The van der Waals surface area contributed by atoms with Crippen molar-refractivity contribution < 1.29 is 32.7 Å². The summed E-state index contributed by atoms with van der Waals surface area (Å²) in [7, 11) is 0. The highest BCUT2D eigenvalue weighted by Crippen LogP contribution is 2.19. The first-order valence-electron chi connectivity index (χ1n) is 7.87. The number of amides is 2. The van der Waals surface area contributed by atoms with Gasteiger partial charge in [-0.3, -0.25) is 19.7 Å². The van der Waals surface area contributed by atoms with Crippen LogP contribution in [0.25, 0.3) is 0 Å². The fourth-order valence-electron chi connectivity index (χ4n) is 2.08. The van der Waals surface area contributed by atoms with Crippen LogP contribution in [0.5, 0.6) is 0 Å². The van der Waals surface area contributed by atoms with Gasteiger partial charge in [0.1, 0.15) is 6.04 Å². The minimum Gasteiger partial charge on any atom is -0.480 e. The number of aliphatic carboxylic acids is 1. The van der Waals surface area contributed by atoms with Crippen LogP contribution in [0.4, 0.5) is 18.9 Å². The topological polar surface area (TPSA) is 108 Å². The standard InChI is InChI=1S/C16H20F3N3O4.ClH/c1-3-4-11(16(25)26)21-8(2)15(24)20-7-12(23)22-10-6-5-9(17)13(18)14(10)19;/h5-6,8,11,21H,3-4,7H2,1-2H3,(H,20,24)(H,22,23)(H,25,26);1H. The molecule has 0 radical (unpaired) electrons. The van der Waals surface area contributed by atoms with Crippen molar-refractivity contribution in [2.75, 3.05) is 11.9 Å². The molecule has 2 unspecified atom stereocenters. The highest BCUT2D eigenvalue weighted by atomic mass is 35.5. The maximum atomic E-state index is 13.5. The molecule has 1 rings (SSSR count). The Hall–Kier alpha value is -2.33. The van der Waals surface area contributed by atoms with E-state index in [4.69, 9.17) is 5.11 Å². The number of carboxylic acid groups (broad SMARTS) is 1. The second kappa shape index (κ2) is 11.4. The Balaban J connectivity index is 0.00000676. The quantitative estimate of drug-likeness (QED) is 0.464. The third-order valence-electron chi connectivity index (χ3n) is 3.45. The summed E-state index contributed by atoms with van der Waals surface area (Å²) >= 11 is 0. The summed E-state index contributed by atoms with van der Waals surface area (Å²) in [5.41, 5.74) is -0.566. The van der Waals surface area contributed by atoms with Crippen LogP contribution in [0.3, 0.4) is 0 Å². The van der Waals surface area contributed by atoms with Gasteiger partial charge in [-0.25, -0.2) is 13.2 Å². The minimum absolute atomic E-state index is 0. The van der Waals surface area contributed by atoms with Crippen molar-refractivity contribution in [3.63, 3.8) is 0 Å². The van der Waals surface area contributed by atoms with Gasteiger partial charge in [0.2, 0.25) is 11.8 Å². The normalized spacial score (nSPS) is 12.5. The summed E-state index contributed by atoms with van der Waals surface area (Å²) in [5, 5.41) is 15.9. The van der Waals surface area contributed by atoms with E-state index in [0.717, 1.165) is 6.07 Å². The molecule has 0 bridgehead atoms. The zero-order chi connectivity index (χ0) is 19.9. The third kappa shape index (κ3) is 7.43. The van der Waals surface area contributed by atoms with Gasteiger partial charge in [-0.1, -0.05) is 13.3 Å². The van der Waals surface area contributed by atoms with Crippen molar-refractivity contribution in [2.24, 2.45) is 0 Å². The van der Waals surface area contributed by atoms with Gasteiger partial charge in [-0.2, -0.15) is 0 Å². The molecule has 7 nitrogen and oxygen atoms in total. The lowest BCUT2D eigenvalue weighted by molar-refractivity contribution is -0.140. The Kier molecular flexibility index (Phi) is 10.4. The predicted octanol–water partition coefficient (Wildman–Crippen LogP) is 1.81. The smallest absolute Gasteiger partial charge is 0.320 e. The minimum atomic E-state index is -1.72. The molecule has 4 N–H and O–H groups in total. The van der Waals surface area contributed by atoms with Crippen molar-refractivity contribution in [2.45, 2.75) is 38.8 Å². The number of carboxylic acids is 1. The van der Waals surface area contributed by atoms with E-state index in [2.05, 4.69) is 10.6 Å². The highest BCUT2D eigenvalue weighted by molar-refractivity contribution is 5.95. The number of carbonyl (C=O) groups is 3. The summed E-state index contributed by atoms with van der Waals surface area (Å²) in [6.45, 7) is 2.66. The Morgan fingerprint density at radius 1 is 1.15 bits per heavy atom. The molecule has 0 aliphatic carbocycles. The maximum absolute atomic E-state index is 13.5. The molecule has 0 aromatic heterocycles. The van der Waals surface area contributed by atoms with Crippen molar-refractivity contribution in [3.8, 4) is 0 Å². The van der Waals surface area contributed by atoms with E-state index in [1.807, 2.05) is 5.32 Å². The number of carbonyl (C=O) groups excluding carboxylic acids is 2. The van der Waals surface area contributed by atoms with Crippen molar-refractivity contribution in [3.05, 3.63) is 29.6 Å². The number of hydrogen-bond acceptors (Lipinski definition) is 4. The van der Waals surface area contributed by atoms with E-state index in [9.17, 15) is 27.6 Å². The first kappa shape index (κ1) is 24.7. The van der Waals surface area contributed by atoms with Crippen molar-refractivity contribution in [1.82, 2.24) is 10.6 Å². The molecular weight excluding hydrogens is 391 g/mol. The summed E-state index contributed by atoms with van der Waals surface area (Å²) in [6, 6.07) is -0.306. The molecule has 0 saturated heterocycles. The van der Waals surface area contributed by atoms with E-state index < -0.39 is 59.6 Å². The van der Waals surface area contributed by atoms with Crippen LogP contribution in [-0.4, -0.2) is 41.5 Å². The van der Waals surface area contributed by atoms with Crippen LogP contribution in [0.15, 0.2) is 12.1 Å². The van der Waals surface area contributed by atoms with Gasteiger partial charge in [-0.05, 0) is 25.5 Å². The summed E-state index contributed by atoms with van der Waals surface area (Å²) in [6.07, 6.45) is 0.920. The second-order valence-electron chi connectivity index (χ2n) is 5.56. The molecule has 11 heteroatoms. The van der Waals surface area contributed by atoms with Crippen LogP contribution in [0.2, 0.25) is 0 Å². The first-order chi connectivity index (χ1) is 12.2. The van der Waals surface area contributed by atoms with Gasteiger partial charge in [-0.15, -0.1) is 12.4 Å². The summed E-state index contributed by atoms with van der Waals surface area (Å²) in [5.74, 6) is -7.28. The second-order valence-corrected chi connectivity index (χ2v) is 5.56. The zero-order valence-corrected chi connectivity index (χ0v) is 15.5. The molecule has 27 heavy (non-hydrogen) atoms. The van der Waals surface area contributed by atoms with Gasteiger partial charge < -0.3 is 15.7 Å². The third-order valence-corrected chi connectivity index (χ3v) is 3.45. The lowest BCUT2D eigenvalue weighted by Gasteiger charge is -2.19. The largest absolute Gasteiger partial charge is 0.480 e. The summed E-state index contributed by atoms with van der Waals surface area (Å²) in [4.78, 5) is 34.6. The number of benzene rings is 1. The molecule has 1 aromatic carbocycles. The van der Waals surface area contributed by atoms with Gasteiger partial charge in [0.15, 0.2) is 17.5 Å². The molecule has 152 valence electrons. The SMILES string of the molecule is CCCC(NC(C)C(=O)NCC(=O)Nc1ccc(F)c(F)c1F)C(=O)O.Cl. The average molecular weight is 412 g/mol. The summed E-state index contributed by atoms with van der Waals surface area (Å²) < 4.78 is 39.4. The molecule has 0 aliphatic heterocycles. The maximum Gasteiger partial charge on any atom is 0.320 e. The van der Waals surface area contributed by atoms with Crippen LogP contribution in [0, 0.1) is 17.5 Å². The van der Waals surface area contributed by atoms with E-state index in [-0.39, 0.29) is 12.4 Å². The number of anilines is 1. The number of halogens is 4. The highest BCUT2D eigenvalue weighted by Gasteiger charge is 2.22. The monoisotopic (exact) mass is 411 g/mol. The fraction of sp³-hybridized carbons (Fsp3) is 0.438. The molecule has 0 saturated carbocycles. The number of hydrogen-bond donors (Lipinski definition) is 4. The van der Waals surface area contributed by atoms with Crippen LogP contribution >= 0.6 is 12.4 Å². The Morgan fingerprint density at radius 2 is 1.78 bits per heavy atom. The lowest BCUT2D eigenvalue weighted by Crippen LogP contribution is -2.50. The molecule has 0 heterocycles. The molecular formula is C16H21ClF3N3O4. The van der Waals surface area contributed by atoms with Gasteiger partial charge in [0.25, 0.3) is 0 Å². The molecule has 0 spiro atoms. The average Bonchev–Trinajstić information content (AvgIpc) is 2.59. The molecule has 2 amide bonds. The van der Waals surface area contributed by atoms with Gasteiger partial charge >= 0.3 is 5.97 Å². The van der Waals surface area contributed by atoms with Crippen LogP contribution in [-0.2, 0) is 14.4 Å². The molecule has 0 aliphatic rings. The van der Waals surface area contributed by atoms with E-state index in [0.29, 0.717) is 18.9 Å². The van der Waals surface area contributed by atoms with E-state index >= 15 is 0 Å². The van der Waals surface area contributed by atoms with Crippen LogP contribution < -0.4 is 16.0 Å². The van der Waals surface area contributed by atoms with Gasteiger partial charge in [0, 0.05) is 0 Å².